The van der Waals surface area contributed by atoms with E-state index in [2.05, 4.69) is 12.2 Å². The summed E-state index contributed by atoms with van der Waals surface area (Å²) in [5.41, 5.74) is 1.62. The number of amides is 2. The second-order valence-corrected chi connectivity index (χ2v) is 5.57. The first-order chi connectivity index (χ1) is 8.95. The van der Waals surface area contributed by atoms with Crippen LogP contribution in [0.4, 0.5) is 0 Å². The van der Waals surface area contributed by atoms with Crippen molar-refractivity contribution in [3.63, 3.8) is 0 Å². The van der Waals surface area contributed by atoms with Gasteiger partial charge in [-0.2, -0.15) is 0 Å². The van der Waals surface area contributed by atoms with E-state index in [0.717, 1.165) is 17.6 Å². The zero-order valence-electron chi connectivity index (χ0n) is 11.4. The molecule has 1 heterocycles. The highest BCUT2D eigenvalue weighted by atomic mass is 16.2. The van der Waals surface area contributed by atoms with Crippen molar-refractivity contribution in [2.75, 3.05) is 0 Å². The first-order valence-corrected chi connectivity index (χ1v) is 6.70. The van der Waals surface area contributed by atoms with Gasteiger partial charge in [-0.15, -0.1) is 0 Å². The molecule has 1 aliphatic heterocycles. The minimum absolute atomic E-state index is 0.0306. The summed E-state index contributed by atoms with van der Waals surface area (Å²) in [4.78, 5) is 34.5. The average Bonchev–Trinajstić information content (AvgIpc) is 2.30. The monoisotopic (exact) mass is 261 g/mol. The second-order valence-electron chi connectivity index (χ2n) is 5.57. The molecule has 0 aromatic carbocycles. The number of piperidine rings is 1. The molecule has 0 aromatic rings. The number of nitrogens with one attached hydrogen (secondary N) is 1. The van der Waals surface area contributed by atoms with Gasteiger partial charge >= 0.3 is 0 Å². The average molecular weight is 261 g/mol. The predicted molar refractivity (Wildman–Crippen MR) is 71.1 cm³/mol. The third-order valence-corrected chi connectivity index (χ3v) is 3.65. The first-order valence-electron chi connectivity index (χ1n) is 6.70. The van der Waals surface area contributed by atoms with Crippen LogP contribution in [0.3, 0.4) is 0 Å². The van der Waals surface area contributed by atoms with Gasteiger partial charge in [0.15, 0.2) is 5.78 Å². The zero-order chi connectivity index (χ0) is 14.0. The summed E-state index contributed by atoms with van der Waals surface area (Å²) >= 11 is 0. The summed E-state index contributed by atoms with van der Waals surface area (Å²) in [5, 5.41) is 2.30. The number of rotatable bonds is 2. The number of carbonyl (C=O) groups excluding carboxylic acids is 3. The van der Waals surface area contributed by atoms with Crippen molar-refractivity contribution in [3.8, 4) is 0 Å². The van der Waals surface area contributed by atoms with Gasteiger partial charge in [-0.25, -0.2) is 0 Å². The summed E-state index contributed by atoms with van der Waals surface area (Å²) in [6.45, 7) is 3.92. The molecule has 4 nitrogen and oxygen atoms in total. The fourth-order valence-electron chi connectivity index (χ4n) is 2.76. The lowest BCUT2D eigenvalue weighted by molar-refractivity contribution is -0.134. The van der Waals surface area contributed by atoms with Crippen LogP contribution in [0.5, 0.6) is 0 Å². The summed E-state index contributed by atoms with van der Waals surface area (Å²) in [6.07, 6.45) is 6.04. The number of imide groups is 1. The van der Waals surface area contributed by atoms with Crippen molar-refractivity contribution >= 4 is 17.6 Å². The Morgan fingerprint density at radius 1 is 1.21 bits per heavy atom. The minimum atomic E-state index is -0.209. The summed E-state index contributed by atoms with van der Waals surface area (Å²) in [7, 11) is 0. The lowest BCUT2D eigenvalue weighted by atomic mass is 9.85. The van der Waals surface area contributed by atoms with Crippen LogP contribution in [0, 0.1) is 11.8 Å². The number of Topliss-reactive ketones (excluding diaryl/α,β-unsaturated/α-hetero) is 1. The Bertz CT molecular complexity index is 472. The van der Waals surface area contributed by atoms with Crippen LogP contribution in [0.15, 0.2) is 23.3 Å². The highest BCUT2D eigenvalue weighted by Crippen LogP contribution is 2.26. The maximum atomic E-state index is 12.0. The molecule has 1 N–H and O–H groups in total. The minimum Gasteiger partial charge on any atom is -0.296 e. The fraction of sp³-hybridized carbons (Fsp3) is 0.533. The molecule has 1 unspecified atom stereocenters. The van der Waals surface area contributed by atoms with E-state index in [-0.39, 0.29) is 23.5 Å². The van der Waals surface area contributed by atoms with Crippen LogP contribution in [-0.2, 0) is 14.4 Å². The topological polar surface area (TPSA) is 63.2 Å². The van der Waals surface area contributed by atoms with E-state index in [1.807, 2.05) is 19.1 Å². The highest BCUT2D eigenvalue weighted by Gasteiger charge is 2.25. The molecular weight excluding hydrogens is 242 g/mol. The molecule has 0 saturated carbocycles. The van der Waals surface area contributed by atoms with E-state index in [1.165, 1.54) is 0 Å². The first kappa shape index (κ1) is 13.7. The smallest absolute Gasteiger partial charge is 0.226 e. The Morgan fingerprint density at radius 3 is 2.47 bits per heavy atom. The number of allylic oxidation sites excluding steroid dienone is 4. The molecule has 0 aromatic heterocycles. The van der Waals surface area contributed by atoms with Gasteiger partial charge in [-0.1, -0.05) is 19.1 Å². The van der Waals surface area contributed by atoms with Crippen LogP contribution in [-0.4, -0.2) is 17.6 Å². The van der Waals surface area contributed by atoms with Crippen molar-refractivity contribution < 1.29 is 14.4 Å². The molecule has 4 heteroatoms. The molecule has 1 saturated heterocycles. The van der Waals surface area contributed by atoms with Gasteiger partial charge in [0, 0.05) is 12.8 Å². The lowest BCUT2D eigenvalue weighted by Gasteiger charge is -2.21. The van der Waals surface area contributed by atoms with Crippen LogP contribution < -0.4 is 5.32 Å². The molecule has 2 aliphatic rings. The SMILES string of the molecule is CC1=CC(C)C/C(=C/CC2CC(=O)NC(=O)C2)C1=O. The van der Waals surface area contributed by atoms with Gasteiger partial charge in [0.05, 0.1) is 0 Å². The van der Waals surface area contributed by atoms with Crippen molar-refractivity contribution in [3.05, 3.63) is 23.3 Å². The molecule has 1 fully saturated rings. The maximum Gasteiger partial charge on any atom is 0.226 e. The summed E-state index contributed by atoms with van der Waals surface area (Å²) in [5.74, 6) is 0.0890. The fourth-order valence-corrected chi connectivity index (χ4v) is 2.76. The standard InChI is InChI=1S/C15H19NO3/c1-9-5-10(2)15(19)12(6-9)4-3-11-7-13(17)16-14(18)8-11/h4-5,9,11H,3,6-8H2,1-2H3,(H,16,17,18)/b12-4-. The van der Waals surface area contributed by atoms with Gasteiger partial charge in [-0.3, -0.25) is 19.7 Å². The van der Waals surface area contributed by atoms with E-state index in [0.29, 0.717) is 25.2 Å². The molecule has 102 valence electrons. The molecule has 1 atom stereocenters. The summed E-state index contributed by atoms with van der Waals surface area (Å²) in [6, 6.07) is 0. The van der Waals surface area contributed by atoms with Crippen molar-refractivity contribution in [2.24, 2.45) is 11.8 Å². The molecule has 0 radical (unpaired) electrons. The van der Waals surface area contributed by atoms with E-state index in [1.54, 1.807) is 0 Å². The van der Waals surface area contributed by atoms with Gasteiger partial charge in [0.1, 0.15) is 0 Å². The van der Waals surface area contributed by atoms with Gasteiger partial charge in [0.2, 0.25) is 11.8 Å². The Morgan fingerprint density at radius 2 is 1.84 bits per heavy atom. The van der Waals surface area contributed by atoms with E-state index < -0.39 is 0 Å². The number of ketones is 1. The van der Waals surface area contributed by atoms with Crippen LogP contribution in [0.25, 0.3) is 0 Å². The van der Waals surface area contributed by atoms with Gasteiger partial charge < -0.3 is 0 Å². The largest absolute Gasteiger partial charge is 0.296 e. The number of hydrogen-bond donors (Lipinski definition) is 1. The number of carbonyl (C=O) groups is 3. The van der Waals surface area contributed by atoms with Crippen LogP contribution in [0.2, 0.25) is 0 Å². The molecule has 19 heavy (non-hydrogen) atoms. The second kappa shape index (κ2) is 5.51. The zero-order valence-corrected chi connectivity index (χ0v) is 11.4. The van der Waals surface area contributed by atoms with Gasteiger partial charge in [-0.05, 0) is 42.7 Å². The quantitative estimate of drug-likeness (QED) is 0.610. The summed E-state index contributed by atoms with van der Waals surface area (Å²) < 4.78 is 0. The molecule has 0 bridgehead atoms. The Labute approximate surface area is 112 Å². The lowest BCUT2D eigenvalue weighted by Crippen LogP contribution is -2.38. The predicted octanol–water partition coefficient (Wildman–Crippen LogP) is 1.91. The third-order valence-electron chi connectivity index (χ3n) is 3.65. The Kier molecular flexibility index (Phi) is 3.98. The highest BCUT2D eigenvalue weighted by molar-refractivity contribution is 6.08. The molecule has 1 aliphatic carbocycles. The van der Waals surface area contributed by atoms with E-state index >= 15 is 0 Å². The Hall–Kier alpha value is -1.71. The van der Waals surface area contributed by atoms with Crippen LogP contribution >= 0.6 is 0 Å². The molecule has 2 rings (SSSR count). The molecule has 2 amide bonds. The molecular formula is C15H19NO3. The molecule has 0 spiro atoms. The van der Waals surface area contributed by atoms with Crippen molar-refractivity contribution in [2.45, 2.75) is 39.5 Å². The van der Waals surface area contributed by atoms with E-state index in [4.69, 9.17) is 0 Å². The Balaban J connectivity index is 2.02. The normalized spacial score (nSPS) is 27.5. The van der Waals surface area contributed by atoms with Crippen LogP contribution in [0.1, 0.15) is 39.5 Å². The van der Waals surface area contributed by atoms with Crippen molar-refractivity contribution in [1.29, 1.82) is 0 Å². The van der Waals surface area contributed by atoms with Gasteiger partial charge in [0.25, 0.3) is 0 Å². The number of hydrogen-bond acceptors (Lipinski definition) is 3. The van der Waals surface area contributed by atoms with Crippen molar-refractivity contribution in [1.82, 2.24) is 5.32 Å². The van der Waals surface area contributed by atoms with E-state index in [9.17, 15) is 14.4 Å². The maximum absolute atomic E-state index is 12.0. The third kappa shape index (κ3) is 3.40.